The molecule has 0 fully saturated rings. The fourth-order valence-corrected chi connectivity index (χ4v) is 3.87. The number of halogens is 1. The summed E-state index contributed by atoms with van der Waals surface area (Å²) >= 11 is 6.37. The number of carbonyl (C=O) groups is 2. The van der Waals surface area contributed by atoms with Gasteiger partial charge in [-0.25, -0.2) is 0 Å². The topological polar surface area (TPSA) is 67.9 Å². The number of nitrogens with zero attached hydrogens (tertiary/aromatic N) is 1. The van der Waals surface area contributed by atoms with Crippen LogP contribution in [-0.4, -0.2) is 35.1 Å². The molecule has 0 saturated heterocycles. The molecule has 0 aromatic heterocycles. The highest BCUT2D eigenvalue weighted by molar-refractivity contribution is 6.31. The molecular formula is C25H31ClN2O4. The number of rotatable bonds is 8. The quantitative estimate of drug-likeness (QED) is 0.621. The molecular weight excluding hydrogens is 428 g/mol. The molecule has 1 aliphatic rings. The lowest BCUT2D eigenvalue weighted by Gasteiger charge is -2.33. The van der Waals surface area contributed by atoms with Gasteiger partial charge in [-0.2, -0.15) is 0 Å². The first kappa shape index (κ1) is 23.9. The molecule has 0 unspecified atom stereocenters. The summed E-state index contributed by atoms with van der Waals surface area (Å²) in [4.78, 5) is 28.1. The summed E-state index contributed by atoms with van der Waals surface area (Å²) in [6, 6.07) is 12.5. The van der Waals surface area contributed by atoms with Crippen molar-refractivity contribution in [1.29, 1.82) is 0 Å². The Hall–Kier alpha value is -2.73. The highest BCUT2D eigenvalue weighted by Gasteiger charge is 2.30. The Morgan fingerprint density at radius 2 is 1.84 bits per heavy atom. The third-order valence-corrected chi connectivity index (χ3v) is 5.62. The molecule has 1 N–H and O–H groups in total. The van der Waals surface area contributed by atoms with Crippen LogP contribution in [0.4, 0.5) is 0 Å². The van der Waals surface area contributed by atoms with E-state index in [1.54, 1.807) is 11.0 Å². The zero-order valence-electron chi connectivity index (χ0n) is 19.1. The van der Waals surface area contributed by atoms with Gasteiger partial charge in [-0.3, -0.25) is 9.59 Å². The lowest BCUT2D eigenvalue weighted by molar-refractivity contribution is -0.142. The highest BCUT2D eigenvalue weighted by Crippen LogP contribution is 2.33. The highest BCUT2D eigenvalue weighted by atomic mass is 35.5. The normalized spacial score (nSPS) is 13.5. The molecule has 2 aromatic rings. The van der Waals surface area contributed by atoms with Gasteiger partial charge in [0.25, 0.3) is 0 Å². The van der Waals surface area contributed by atoms with Crippen LogP contribution in [0.15, 0.2) is 42.5 Å². The number of hydrogen-bond acceptors (Lipinski definition) is 4. The largest absolute Gasteiger partial charge is 0.454 e. The summed E-state index contributed by atoms with van der Waals surface area (Å²) < 4.78 is 10.8. The minimum absolute atomic E-state index is 0.0986. The van der Waals surface area contributed by atoms with Crippen LogP contribution in [0.1, 0.15) is 51.7 Å². The van der Waals surface area contributed by atoms with Crippen molar-refractivity contribution < 1.29 is 19.1 Å². The maximum atomic E-state index is 13.4. The van der Waals surface area contributed by atoms with Crippen LogP contribution in [-0.2, 0) is 22.6 Å². The average molecular weight is 459 g/mol. The van der Waals surface area contributed by atoms with Crippen LogP contribution in [0.5, 0.6) is 11.5 Å². The predicted octanol–water partition coefficient (Wildman–Crippen LogP) is 4.72. The number of aryl methyl sites for hydroxylation is 1. The SMILES string of the molecule is CC[C@H](C(=O)NC(C)(C)C)N(Cc1ccccc1Cl)C(=O)CCc1ccc2c(c1)OCO2. The number of carbonyl (C=O) groups excluding carboxylic acids is 2. The summed E-state index contributed by atoms with van der Waals surface area (Å²) in [6.07, 6.45) is 1.30. The maximum Gasteiger partial charge on any atom is 0.243 e. The van der Waals surface area contributed by atoms with Crippen molar-refractivity contribution in [2.45, 2.75) is 65.1 Å². The maximum absolute atomic E-state index is 13.4. The van der Waals surface area contributed by atoms with E-state index in [2.05, 4.69) is 5.32 Å². The summed E-state index contributed by atoms with van der Waals surface area (Å²) in [5.74, 6) is 1.14. The minimum atomic E-state index is -0.588. The summed E-state index contributed by atoms with van der Waals surface area (Å²) in [5, 5.41) is 3.59. The van der Waals surface area contributed by atoms with Gasteiger partial charge in [0.1, 0.15) is 6.04 Å². The third kappa shape index (κ3) is 6.16. The van der Waals surface area contributed by atoms with Gasteiger partial charge >= 0.3 is 0 Å². The number of fused-ring (bicyclic) bond motifs is 1. The molecule has 2 amide bonds. The molecule has 172 valence electrons. The first-order chi connectivity index (χ1) is 15.2. The number of ether oxygens (including phenoxy) is 2. The Labute approximate surface area is 194 Å². The Kier molecular flexibility index (Phi) is 7.67. The van der Waals surface area contributed by atoms with Crippen LogP contribution < -0.4 is 14.8 Å². The van der Waals surface area contributed by atoms with Gasteiger partial charge in [0.05, 0.1) is 0 Å². The van der Waals surface area contributed by atoms with E-state index in [1.807, 2.05) is 64.1 Å². The van der Waals surface area contributed by atoms with Crippen LogP contribution in [0.2, 0.25) is 5.02 Å². The molecule has 1 aliphatic heterocycles. The molecule has 32 heavy (non-hydrogen) atoms. The molecule has 0 radical (unpaired) electrons. The molecule has 6 nitrogen and oxygen atoms in total. The smallest absolute Gasteiger partial charge is 0.243 e. The van der Waals surface area contributed by atoms with Crippen LogP contribution in [0, 0.1) is 0 Å². The third-order valence-electron chi connectivity index (χ3n) is 5.25. The van der Waals surface area contributed by atoms with Gasteiger partial charge in [0.15, 0.2) is 11.5 Å². The molecule has 3 rings (SSSR count). The second kappa shape index (κ2) is 10.3. The van der Waals surface area contributed by atoms with Crippen molar-refractivity contribution >= 4 is 23.4 Å². The zero-order valence-corrected chi connectivity index (χ0v) is 19.9. The van der Waals surface area contributed by atoms with Gasteiger partial charge in [-0.1, -0.05) is 42.8 Å². The van der Waals surface area contributed by atoms with Gasteiger partial charge < -0.3 is 19.7 Å². The van der Waals surface area contributed by atoms with Crippen molar-refractivity contribution in [3.63, 3.8) is 0 Å². The summed E-state index contributed by atoms with van der Waals surface area (Å²) in [6.45, 7) is 8.18. The molecule has 1 heterocycles. The van der Waals surface area contributed by atoms with Gasteiger partial charge in [0.2, 0.25) is 18.6 Å². The Bertz CT molecular complexity index is 971. The molecule has 0 bridgehead atoms. The van der Waals surface area contributed by atoms with E-state index in [1.165, 1.54) is 0 Å². The van der Waals surface area contributed by atoms with Crippen molar-refractivity contribution in [3.05, 3.63) is 58.6 Å². The van der Waals surface area contributed by atoms with Gasteiger partial charge in [-0.05, 0) is 62.9 Å². The standard InChI is InChI=1S/C25H31ClN2O4/c1-5-20(24(30)27-25(2,3)4)28(15-18-8-6-7-9-19(18)26)23(29)13-11-17-10-12-21-22(14-17)32-16-31-21/h6-10,12,14,20H,5,11,13,15-16H2,1-4H3,(H,27,30)/t20-/m1/s1. The van der Waals surface area contributed by atoms with E-state index in [-0.39, 0.29) is 31.6 Å². The fraction of sp³-hybridized carbons (Fsp3) is 0.440. The van der Waals surface area contributed by atoms with Gasteiger partial charge in [-0.15, -0.1) is 0 Å². The Morgan fingerprint density at radius 1 is 1.12 bits per heavy atom. The van der Waals surface area contributed by atoms with E-state index >= 15 is 0 Å². The van der Waals surface area contributed by atoms with Crippen LogP contribution >= 0.6 is 11.6 Å². The minimum Gasteiger partial charge on any atom is -0.454 e. The molecule has 7 heteroatoms. The Morgan fingerprint density at radius 3 is 2.53 bits per heavy atom. The summed E-state index contributed by atoms with van der Waals surface area (Å²) in [7, 11) is 0. The van der Waals surface area contributed by atoms with E-state index < -0.39 is 11.6 Å². The van der Waals surface area contributed by atoms with E-state index in [0.717, 1.165) is 11.1 Å². The Balaban J connectivity index is 1.79. The second-order valence-electron chi connectivity index (χ2n) is 8.96. The number of nitrogens with one attached hydrogen (secondary N) is 1. The fourth-order valence-electron chi connectivity index (χ4n) is 3.67. The second-order valence-corrected chi connectivity index (χ2v) is 9.37. The molecule has 0 aliphatic carbocycles. The summed E-state index contributed by atoms with van der Waals surface area (Å²) in [5.41, 5.74) is 1.40. The first-order valence-corrected chi connectivity index (χ1v) is 11.3. The van der Waals surface area contributed by atoms with Crippen molar-refractivity contribution in [3.8, 4) is 11.5 Å². The average Bonchev–Trinajstić information content (AvgIpc) is 3.20. The number of hydrogen-bond donors (Lipinski definition) is 1. The number of benzene rings is 2. The number of amides is 2. The molecule has 1 atom stereocenters. The molecule has 2 aromatic carbocycles. The van der Waals surface area contributed by atoms with E-state index in [9.17, 15) is 9.59 Å². The lowest BCUT2D eigenvalue weighted by Crippen LogP contribution is -2.53. The first-order valence-electron chi connectivity index (χ1n) is 10.9. The predicted molar refractivity (Wildman–Crippen MR) is 125 cm³/mol. The molecule has 0 spiro atoms. The van der Waals surface area contributed by atoms with Crippen LogP contribution in [0.3, 0.4) is 0 Å². The van der Waals surface area contributed by atoms with Crippen molar-refractivity contribution in [2.24, 2.45) is 0 Å². The molecule has 0 saturated carbocycles. The van der Waals surface area contributed by atoms with E-state index in [0.29, 0.717) is 29.4 Å². The van der Waals surface area contributed by atoms with Crippen molar-refractivity contribution in [2.75, 3.05) is 6.79 Å². The zero-order chi connectivity index (χ0) is 23.3. The van der Waals surface area contributed by atoms with Crippen LogP contribution in [0.25, 0.3) is 0 Å². The van der Waals surface area contributed by atoms with E-state index in [4.69, 9.17) is 21.1 Å². The van der Waals surface area contributed by atoms with Gasteiger partial charge in [0, 0.05) is 23.5 Å². The lowest BCUT2D eigenvalue weighted by atomic mass is 10.0. The monoisotopic (exact) mass is 458 g/mol. The van der Waals surface area contributed by atoms with Crippen molar-refractivity contribution in [1.82, 2.24) is 10.2 Å².